The first-order valence-electron chi connectivity index (χ1n) is 6.49. The van der Waals surface area contributed by atoms with Crippen LogP contribution < -0.4 is 0 Å². The minimum absolute atomic E-state index is 0.215. The number of amides is 1. The average Bonchev–Trinajstić information content (AvgIpc) is 2.48. The maximum Gasteiger partial charge on any atom is 0.328 e. The fourth-order valence-corrected chi connectivity index (χ4v) is 2.12. The Bertz CT molecular complexity index is 482. The highest BCUT2D eigenvalue weighted by Crippen LogP contribution is 2.30. The molecule has 1 aromatic carbocycles. The molecule has 0 N–H and O–H groups in total. The summed E-state index contributed by atoms with van der Waals surface area (Å²) in [6, 6.07) is 8.72. The van der Waals surface area contributed by atoms with Gasteiger partial charge >= 0.3 is 5.92 Å². The molecule has 1 saturated heterocycles. The van der Waals surface area contributed by atoms with E-state index in [-0.39, 0.29) is 18.7 Å². The zero-order valence-electron chi connectivity index (χ0n) is 11.1. The van der Waals surface area contributed by atoms with Crippen molar-refractivity contribution in [3.8, 4) is 0 Å². The van der Waals surface area contributed by atoms with Gasteiger partial charge in [0.2, 0.25) is 0 Å². The number of ether oxygens (including phenoxy) is 1. The Balaban J connectivity index is 2.02. The van der Waals surface area contributed by atoms with Gasteiger partial charge in [-0.05, 0) is 11.1 Å². The van der Waals surface area contributed by atoms with Gasteiger partial charge in [-0.3, -0.25) is 4.79 Å². The van der Waals surface area contributed by atoms with E-state index in [9.17, 15) is 13.6 Å². The van der Waals surface area contributed by atoms with Crippen molar-refractivity contribution in [2.45, 2.75) is 12.3 Å². The highest BCUT2D eigenvalue weighted by molar-refractivity contribution is 5.86. The van der Waals surface area contributed by atoms with E-state index in [2.05, 4.69) is 6.58 Å². The molecule has 0 aromatic heterocycles. The van der Waals surface area contributed by atoms with E-state index in [0.29, 0.717) is 18.8 Å². The average molecular weight is 281 g/mol. The fourth-order valence-electron chi connectivity index (χ4n) is 2.12. The normalized spacial score (nSPS) is 16.0. The van der Waals surface area contributed by atoms with E-state index in [0.717, 1.165) is 4.90 Å². The first kappa shape index (κ1) is 14.7. The van der Waals surface area contributed by atoms with Crippen LogP contribution in [0.3, 0.4) is 0 Å². The Kier molecular flexibility index (Phi) is 4.49. The Morgan fingerprint density at radius 1 is 1.25 bits per heavy atom. The van der Waals surface area contributed by atoms with Crippen LogP contribution in [-0.4, -0.2) is 43.0 Å². The monoisotopic (exact) mass is 281 g/mol. The molecule has 1 aliphatic heterocycles. The number of hydrogen-bond acceptors (Lipinski definition) is 2. The van der Waals surface area contributed by atoms with E-state index in [1.165, 1.54) is 0 Å². The molecule has 0 bridgehead atoms. The van der Waals surface area contributed by atoms with E-state index in [1.54, 1.807) is 30.3 Å². The van der Waals surface area contributed by atoms with Gasteiger partial charge in [0.1, 0.15) is 0 Å². The summed E-state index contributed by atoms with van der Waals surface area (Å²) in [7, 11) is 0. The first-order chi connectivity index (χ1) is 9.50. The van der Waals surface area contributed by atoms with Gasteiger partial charge in [0.05, 0.1) is 13.2 Å². The number of rotatable bonds is 4. The van der Waals surface area contributed by atoms with Crippen molar-refractivity contribution >= 4 is 11.5 Å². The van der Waals surface area contributed by atoms with E-state index < -0.39 is 18.3 Å². The maximum absolute atomic E-state index is 14.0. The van der Waals surface area contributed by atoms with Gasteiger partial charge in [-0.25, -0.2) is 0 Å². The lowest BCUT2D eigenvalue weighted by molar-refractivity contribution is -0.160. The molecule has 0 unspecified atom stereocenters. The van der Waals surface area contributed by atoms with Gasteiger partial charge in [-0.15, -0.1) is 0 Å². The molecule has 0 atom stereocenters. The molecule has 0 radical (unpaired) electrons. The van der Waals surface area contributed by atoms with Crippen molar-refractivity contribution in [1.29, 1.82) is 0 Å². The number of allylic oxidation sites excluding steroid dienone is 1. The summed E-state index contributed by atoms with van der Waals surface area (Å²) in [6.45, 7) is 4.71. The zero-order valence-corrected chi connectivity index (χ0v) is 11.1. The molecule has 0 saturated carbocycles. The number of carbonyl (C=O) groups is 1. The van der Waals surface area contributed by atoms with Gasteiger partial charge in [0.15, 0.2) is 0 Å². The van der Waals surface area contributed by atoms with Gasteiger partial charge in [-0.2, -0.15) is 8.78 Å². The number of morpholine rings is 1. The molecule has 3 nitrogen and oxygen atoms in total. The van der Waals surface area contributed by atoms with Crippen LogP contribution in [0.15, 0.2) is 36.9 Å². The zero-order chi connectivity index (χ0) is 14.6. The van der Waals surface area contributed by atoms with Gasteiger partial charge in [0.25, 0.3) is 5.91 Å². The molecular formula is C15H17F2NO2. The first-order valence-corrected chi connectivity index (χ1v) is 6.49. The summed E-state index contributed by atoms with van der Waals surface area (Å²) >= 11 is 0. The van der Waals surface area contributed by atoms with Crippen LogP contribution in [0, 0.1) is 0 Å². The van der Waals surface area contributed by atoms with Crippen molar-refractivity contribution in [3.05, 3.63) is 42.5 Å². The Morgan fingerprint density at radius 3 is 2.45 bits per heavy atom. The summed E-state index contributed by atoms with van der Waals surface area (Å²) in [5.41, 5.74) is 0.888. The van der Waals surface area contributed by atoms with Crippen molar-refractivity contribution in [2.75, 3.05) is 26.3 Å². The van der Waals surface area contributed by atoms with Crippen LogP contribution in [0.25, 0.3) is 5.57 Å². The molecule has 108 valence electrons. The maximum atomic E-state index is 14.0. The number of alkyl halides is 2. The molecule has 1 fully saturated rings. The summed E-state index contributed by atoms with van der Waals surface area (Å²) in [6.07, 6.45) is -0.660. The van der Waals surface area contributed by atoms with Crippen LogP contribution in [-0.2, 0) is 9.53 Å². The third kappa shape index (κ3) is 3.42. The molecule has 0 spiro atoms. The third-order valence-electron chi connectivity index (χ3n) is 3.23. The van der Waals surface area contributed by atoms with Crippen LogP contribution >= 0.6 is 0 Å². The second-order valence-electron chi connectivity index (χ2n) is 4.76. The summed E-state index contributed by atoms with van der Waals surface area (Å²) in [5.74, 6) is -4.57. The van der Waals surface area contributed by atoms with Crippen LogP contribution in [0.4, 0.5) is 8.78 Å². The van der Waals surface area contributed by atoms with Gasteiger partial charge in [-0.1, -0.05) is 36.9 Å². The molecule has 1 aliphatic rings. The lowest BCUT2D eigenvalue weighted by atomic mass is 10.0. The van der Waals surface area contributed by atoms with Crippen molar-refractivity contribution in [3.63, 3.8) is 0 Å². The number of halogens is 2. The van der Waals surface area contributed by atoms with Gasteiger partial charge < -0.3 is 9.64 Å². The second-order valence-corrected chi connectivity index (χ2v) is 4.76. The quantitative estimate of drug-likeness (QED) is 0.849. The molecule has 20 heavy (non-hydrogen) atoms. The summed E-state index contributed by atoms with van der Waals surface area (Å²) in [5, 5.41) is 0. The molecule has 0 aliphatic carbocycles. The molecule has 1 heterocycles. The predicted octanol–water partition coefficient (Wildman–Crippen LogP) is 2.58. The predicted molar refractivity (Wildman–Crippen MR) is 72.4 cm³/mol. The fraction of sp³-hybridized carbons (Fsp3) is 0.400. The lowest BCUT2D eigenvalue weighted by Gasteiger charge is -2.30. The Labute approximate surface area is 116 Å². The van der Waals surface area contributed by atoms with Crippen LogP contribution in [0.1, 0.15) is 12.0 Å². The van der Waals surface area contributed by atoms with Crippen molar-refractivity contribution < 1.29 is 18.3 Å². The smallest absolute Gasteiger partial charge is 0.328 e. The van der Waals surface area contributed by atoms with E-state index in [4.69, 9.17) is 4.74 Å². The second kappa shape index (κ2) is 6.13. The third-order valence-corrected chi connectivity index (χ3v) is 3.23. The highest BCUT2D eigenvalue weighted by Gasteiger charge is 2.42. The number of hydrogen-bond donors (Lipinski definition) is 0. The minimum atomic E-state index is -3.43. The van der Waals surface area contributed by atoms with E-state index in [1.807, 2.05) is 0 Å². The molecule has 2 rings (SSSR count). The lowest BCUT2D eigenvalue weighted by Crippen LogP contribution is -2.48. The SMILES string of the molecule is C=C(CC(F)(F)C(=O)N1CCOCC1)c1ccccc1. The van der Waals surface area contributed by atoms with Crippen LogP contribution in [0.5, 0.6) is 0 Å². The Hall–Kier alpha value is -1.75. The molecule has 1 aromatic rings. The molecule has 5 heteroatoms. The topological polar surface area (TPSA) is 29.5 Å². The Morgan fingerprint density at radius 2 is 1.85 bits per heavy atom. The minimum Gasteiger partial charge on any atom is -0.378 e. The number of benzene rings is 1. The summed E-state index contributed by atoms with van der Waals surface area (Å²) < 4.78 is 33.1. The van der Waals surface area contributed by atoms with Crippen LogP contribution in [0.2, 0.25) is 0 Å². The van der Waals surface area contributed by atoms with Crippen molar-refractivity contribution in [1.82, 2.24) is 4.90 Å². The number of carbonyl (C=O) groups excluding carboxylic acids is 1. The molecular weight excluding hydrogens is 264 g/mol. The summed E-state index contributed by atoms with van der Waals surface area (Å²) in [4.78, 5) is 13.0. The largest absolute Gasteiger partial charge is 0.378 e. The standard InChI is InChI=1S/C15H17F2NO2/c1-12(13-5-3-2-4-6-13)11-15(16,17)14(19)18-7-9-20-10-8-18/h2-6H,1,7-11H2. The van der Waals surface area contributed by atoms with Gasteiger partial charge in [0, 0.05) is 19.5 Å². The number of nitrogens with zero attached hydrogens (tertiary/aromatic N) is 1. The van der Waals surface area contributed by atoms with Crippen molar-refractivity contribution in [2.24, 2.45) is 0 Å². The molecule has 1 amide bonds. The highest BCUT2D eigenvalue weighted by atomic mass is 19.3. The van der Waals surface area contributed by atoms with E-state index >= 15 is 0 Å².